The van der Waals surface area contributed by atoms with Gasteiger partial charge in [0.05, 0.1) is 12.4 Å². The van der Waals surface area contributed by atoms with E-state index in [1.165, 1.54) is 5.56 Å². The van der Waals surface area contributed by atoms with Crippen LogP contribution in [0.25, 0.3) is 0 Å². The van der Waals surface area contributed by atoms with E-state index < -0.39 is 144 Å². The largest absolute Gasteiger partial charge is 0.287 e. The summed E-state index contributed by atoms with van der Waals surface area (Å²) in [6.45, 7) is 4.64. The van der Waals surface area contributed by atoms with Crippen molar-refractivity contribution in [3.63, 3.8) is 0 Å². The number of hydrogen-bond acceptors (Lipinski definition) is 2. The minimum Gasteiger partial charge on any atom is -0.287 e. The van der Waals surface area contributed by atoms with Crippen molar-refractivity contribution in [2.24, 2.45) is 0 Å². The van der Waals surface area contributed by atoms with E-state index in [4.69, 9.17) is 0 Å². The zero-order chi connectivity index (χ0) is 47.3. The van der Waals surface area contributed by atoms with Crippen molar-refractivity contribution in [2.75, 3.05) is 0 Å². The summed E-state index contributed by atoms with van der Waals surface area (Å²) in [5, 5.41) is 0. The fourth-order valence-electron chi connectivity index (χ4n) is 6.64. The van der Waals surface area contributed by atoms with E-state index >= 15 is 35.1 Å². The lowest BCUT2D eigenvalue weighted by molar-refractivity contribution is -0.683. The molecular weight excluding hydrogens is 903 g/mol. The normalized spacial score (nSPS) is 11.6. The van der Waals surface area contributed by atoms with Gasteiger partial charge in [-0.3, -0.25) is 9.78 Å². The molecule has 332 valence electrons. The number of nitrogens with zero attached hydrogens (tertiary/aromatic N) is 2. The number of ketones is 1. The van der Waals surface area contributed by atoms with Gasteiger partial charge in [-0.25, -0.2) is 87.8 Å². The molecule has 0 aliphatic heterocycles. The predicted octanol–water partition coefficient (Wildman–Crippen LogP) is 8.22. The number of benzene rings is 5. The SMILES string of the molecule is CC(C)c1ccc(C(=O)C[n+]2ccncc2)cc1.Fc1c(F)c(F)c([B-](c2c(F)c(F)c(F)c(F)c2F)(c2c(F)c(F)c(F)c(F)c2F)c2c(F)c(F)c(F)c(F)c2F)c(F)c1F. The molecule has 0 radical (unpaired) electrons. The summed E-state index contributed by atoms with van der Waals surface area (Å²) in [6.07, 6.45) is -0.281. The summed E-state index contributed by atoms with van der Waals surface area (Å²) in [5.74, 6) is -70.8. The van der Waals surface area contributed by atoms with Crippen molar-refractivity contribution < 1.29 is 97.2 Å². The van der Waals surface area contributed by atoms with Crippen molar-refractivity contribution in [1.29, 1.82) is 0 Å². The van der Waals surface area contributed by atoms with Gasteiger partial charge in [0.2, 0.25) is 12.3 Å². The minimum absolute atomic E-state index is 0.113. The van der Waals surface area contributed by atoms with E-state index in [1.54, 1.807) is 24.8 Å². The molecule has 0 amide bonds. The van der Waals surface area contributed by atoms with Gasteiger partial charge in [-0.15, -0.1) is 21.9 Å². The first kappa shape index (κ1) is 47.6. The molecule has 0 aliphatic rings. The van der Waals surface area contributed by atoms with Gasteiger partial charge < -0.3 is 0 Å². The van der Waals surface area contributed by atoms with Crippen LogP contribution in [0.15, 0.2) is 49.1 Å². The molecule has 1 aromatic heterocycles. The zero-order valence-corrected chi connectivity index (χ0v) is 30.8. The Labute approximate surface area is 338 Å². The molecule has 0 aliphatic carbocycles. The van der Waals surface area contributed by atoms with E-state index in [9.17, 15) is 57.5 Å². The molecule has 0 fully saturated rings. The van der Waals surface area contributed by atoms with Crippen molar-refractivity contribution in [3.8, 4) is 0 Å². The molecular formula is C39H17BF20N2O. The molecule has 6 rings (SSSR count). The summed E-state index contributed by atoms with van der Waals surface area (Å²) >= 11 is 0. The third-order valence-corrected chi connectivity index (χ3v) is 9.62. The van der Waals surface area contributed by atoms with Crippen LogP contribution in [-0.4, -0.2) is 16.9 Å². The molecule has 0 saturated heterocycles. The summed E-state index contributed by atoms with van der Waals surface area (Å²) in [7, 11) is 0. The van der Waals surface area contributed by atoms with Gasteiger partial charge in [-0.2, -0.15) is 4.57 Å². The van der Waals surface area contributed by atoms with Crippen molar-refractivity contribution >= 4 is 33.8 Å². The first-order valence-electron chi connectivity index (χ1n) is 17.0. The average Bonchev–Trinajstić information content (AvgIpc) is 3.26. The second kappa shape index (κ2) is 17.7. The van der Waals surface area contributed by atoms with Crippen molar-refractivity contribution in [2.45, 2.75) is 26.3 Å². The van der Waals surface area contributed by atoms with Crippen molar-refractivity contribution in [3.05, 3.63) is 177 Å². The van der Waals surface area contributed by atoms with Crippen LogP contribution in [0.5, 0.6) is 0 Å². The van der Waals surface area contributed by atoms with E-state index in [2.05, 4.69) is 18.8 Å². The highest BCUT2D eigenvalue weighted by molar-refractivity contribution is 7.20. The van der Waals surface area contributed by atoms with Crippen LogP contribution in [0.2, 0.25) is 0 Å². The number of carbonyl (C=O) groups is 1. The number of halogens is 20. The Morgan fingerprint density at radius 3 is 0.905 bits per heavy atom. The Kier molecular flexibility index (Phi) is 13.4. The zero-order valence-electron chi connectivity index (χ0n) is 30.8. The topological polar surface area (TPSA) is 33.8 Å². The second-order valence-electron chi connectivity index (χ2n) is 13.4. The van der Waals surface area contributed by atoms with Gasteiger partial charge in [0.1, 0.15) is 52.7 Å². The third-order valence-electron chi connectivity index (χ3n) is 9.62. The Morgan fingerprint density at radius 1 is 0.429 bits per heavy atom. The van der Waals surface area contributed by atoms with Crippen LogP contribution >= 0.6 is 0 Å². The average molecular weight is 920 g/mol. The smallest absolute Gasteiger partial charge is 0.227 e. The molecule has 0 spiro atoms. The maximum absolute atomic E-state index is 15.4. The quantitative estimate of drug-likeness (QED) is 0.0386. The monoisotopic (exact) mass is 920 g/mol. The Hall–Kier alpha value is -6.49. The van der Waals surface area contributed by atoms with Crippen LogP contribution in [0.3, 0.4) is 0 Å². The van der Waals surface area contributed by atoms with Gasteiger partial charge in [0.15, 0.2) is 82.2 Å². The van der Waals surface area contributed by atoms with Gasteiger partial charge in [0, 0.05) is 5.56 Å². The molecule has 24 heteroatoms. The lowest BCUT2D eigenvalue weighted by Crippen LogP contribution is -2.81. The highest BCUT2D eigenvalue weighted by Gasteiger charge is 2.52. The molecule has 6 aromatic rings. The third kappa shape index (κ3) is 7.72. The van der Waals surface area contributed by atoms with Gasteiger partial charge in [0.25, 0.3) is 0 Å². The van der Waals surface area contributed by atoms with Gasteiger partial charge >= 0.3 is 0 Å². The maximum Gasteiger partial charge on any atom is 0.227 e. The van der Waals surface area contributed by atoms with E-state index in [1.807, 2.05) is 28.8 Å². The fourth-order valence-corrected chi connectivity index (χ4v) is 6.64. The highest BCUT2D eigenvalue weighted by Crippen LogP contribution is 2.31. The van der Waals surface area contributed by atoms with Crippen molar-refractivity contribution in [1.82, 2.24) is 4.98 Å². The van der Waals surface area contributed by atoms with E-state index in [0.717, 1.165) is 5.56 Å². The molecule has 63 heavy (non-hydrogen) atoms. The molecule has 0 bridgehead atoms. The summed E-state index contributed by atoms with van der Waals surface area (Å²) < 4.78 is 296. The van der Waals surface area contributed by atoms with Crippen LogP contribution in [0.4, 0.5) is 87.8 Å². The predicted molar refractivity (Wildman–Crippen MR) is 179 cm³/mol. The number of hydrogen-bond donors (Lipinski definition) is 0. The summed E-state index contributed by atoms with van der Waals surface area (Å²) in [6, 6.07) is 7.85. The van der Waals surface area contributed by atoms with Crippen LogP contribution in [-0.2, 0) is 6.54 Å². The van der Waals surface area contributed by atoms with Crippen LogP contribution in [0.1, 0.15) is 35.7 Å². The fraction of sp³-hybridized carbons (Fsp3) is 0.103. The molecule has 3 nitrogen and oxygen atoms in total. The second-order valence-corrected chi connectivity index (χ2v) is 13.4. The molecule has 1 heterocycles. The van der Waals surface area contributed by atoms with Gasteiger partial charge in [-0.1, -0.05) is 38.1 Å². The summed E-state index contributed by atoms with van der Waals surface area (Å²) in [4.78, 5) is 16.0. The lowest BCUT2D eigenvalue weighted by atomic mass is 9.12. The Morgan fingerprint density at radius 2 is 0.667 bits per heavy atom. The van der Waals surface area contributed by atoms with Crippen LogP contribution in [0, 0.1) is 116 Å². The number of Topliss-reactive ketones (excluding diaryl/α,β-unsaturated/α-hetero) is 1. The first-order valence-corrected chi connectivity index (χ1v) is 17.0. The Bertz CT molecular complexity index is 2420. The molecule has 0 atom stereocenters. The number of carbonyl (C=O) groups excluding carboxylic acids is 1. The molecule has 0 unspecified atom stereocenters. The summed E-state index contributed by atoms with van der Waals surface area (Å²) in [5.41, 5.74) is -12.3. The maximum atomic E-state index is 15.4. The number of rotatable bonds is 8. The first-order chi connectivity index (χ1) is 29.4. The molecule has 0 N–H and O–H groups in total. The van der Waals surface area contributed by atoms with E-state index in [-0.39, 0.29) is 5.78 Å². The van der Waals surface area contributed by atoms with Gasteiger partial charge in [-0.05, 0) is 11.5 Å². The standard InChI is InChI=1S/C24BF20.C15H17N2O/c26-5-1(6(27)14(35)21(42)13(5)34)25(2-7(28)15(36)22(43)16(37)8(2)29,3-9(30)17(38)23(44)18(39)10(3)31)4-11(32)19(40)24(45)20(41)12(4)33;1-12(2)13-3-5-14(6-4-13)15(18)11-17-9-7-16-8-10-17/h;3-10,12H,11H2,1-2H3/q-1;+1. The minimum atomic E-state index is -7.22. The van der Waals surface area contributed by atoms with E-state index in [0.29, 0.717) is 12.5 Å². The number of aromatic nitrogens is 2. The van der Waals surface area contributed by atoms with Crippen LogP contribution < -0.4 is 26.4 Å². The Balaban J connectivity index is 0.000000345. The highest BCUT2D eigenvalue weighted by atomic mass is 19.2. The lowest BCUT2D eigenvalue weighted by Gasteiger charge is -2.44. The molecule has 5 aromatic carbocycles. The molecule has 0 saturated carbocycles.